The minimum Gasteiger partial charge on any atom is -0.435 e. The third-order valence-electron chi connectivity index (χ3n) is 6.02. The van der Waals surface area contributed by atoms with Crippen molar-refractivity contribution in [2.24, 2.45) is 0 Å². The fraction of sp³-hybridized carbons (Fsp3) is 0.208. The van der Waals surface area contributed by atoms with Gasteiger partial charge >= 0.3 is 5.97 Å². The molecule has 4 rings (SSSR count). The van der Waals surface area contributed by atoms with Crippen LogP contribution in [0.15, 0.2) is 63.2 Å². The molecule has 0 fully saturated rings. The van der Waals surface area contributed by atoms with Crippen LogP contribution in [-0.4, -0.2) is 64.8 Å². The number of carbonyl (C=O) groups is 1. The Hall–Kier alpha value is -3.38. The van der Waals surface area contributed by atoms with Gasteiger partial charge in [-0.25, -0.2) is 4.79 Å². The Bertz CT molecular complexity index is 1950. The Morgan fingerprint density at radius 3 is 1.73 bits per heavy atom. The van der Waals surface area contributed by atoms with Gasteiger partial charge in [0.15, 0.2) is 6.79 Å². The SMILES string of the molecule is C=C(C)C(=O)OCOCCCNc1cc(S(=O)(=O)O)c2ccc3c(S(=O)(=O)O)cc(S(=O)(=O)O)c4ccc1c2c43. The summed E-state index contributed by atoms with van der Waals surface area (Å²) in [7, 11) is -14.8. The molecule has 0 heterocycles. The lowest BCUT2D eigenvalue weighted by Gasteiger charge is -2.19. The maximum Gasteiger partial charge on any atom is 0.335 e. The van der Waals surface area contributed by atoms with Gasteiger partial charge in [-0.1, -0.05) is 30.8 Å². The van der Waals surface area contributed by atoms with Gasteiger partial charge in [-0.3, -0.25) is 13.7 Å². The summed E-state index contributed by atoms with van der Waals surface area (Å²) in [5.41, 5.74) is 0.398. The van der Waals surface area contributed by atoms with E-state index in [-0.39, 0.29) is 58.1 Å². The highest BCUT2D eigenvalue weighted by Gasteiger charge is 2.27. The average Bonchev–Trinajstić information content (AvgIpc) is 2.84. The van der Waals surface area contributed by atoms with E-state index >= 15 is 0 Å². The summed E-state index contributed by atoms with van der Waals surface area (Å²) in [6.45, 7) is 4.97. The van der Waals surface area contributed by atoms with Gasteiger partial charge < -0.3 is 14.8 Å². The number of rotatable bonds is 11. The molecule has 13 nitrogen and oxygen atoms in total. The third-order valence-corrected chi connectivity index (χ3v) is 8.70. The molecule has 0 saturated carbocycles. The Kier molecular flexibility index (Phi) is 7.81. The number of carbonyl (C=O) groups excluding carboxylic acids is 1. The number of esters is 1. The fourth-order valence-corrected chi connectivity index (χ4v) is 6.58. The van der Waals surface area contributed by atoms with Crippen molar-refractivity contribution in [3.05, 3.63) is 48.6 Å². The van der Waals surface area contributed by atoms with E-state index in [1.54, 1.807) is 0 Å². The average molecular weight is 614 g/mol. The molecule has 0 radical (unpaired) electrons. The highest BCUT2D eigenvalue weighted by Crippen LogP contribution is 2.44. The highest BCUT2D eigenvalue weighted by atomic mass is 32.2. The van der Waals surface area contributed by atoms with E-state index in [1.807, 2.05) is 0 Å². The van der Waals surface area contributed by atoms with Gasteiger partial charge in [-0.05, 0) is 25.5 Å². The van der Waals surface area contributed by atoms with Crippen LogP contribution in [0.25, 0.3) is 32.3 Å². The van der Waals surface area contributed by atoms with E-state index in [9.17, 15) is 43.7 Å². The molecule has 16 heteroatoms. The Morgan fingerprint density at radius 1 is 0.800 bits per heavy atom. The molecular formula is C24H23NO12S3. The molecule has 4 aromatic carbocycles. The molecule has 0 aliphatic carbocycles. The van der Waals surface area contributed by atoms with E-state index in [0.717, 1.165) is 0 Å². The lowest BCUT2D eigenvalue weighted by molar-refractivity contribution is -0.151. The monoisotopic (exact) mass is 613 g/mol. The molecule has 40 heavy (non-hydrogen) atoms. The number of hydrogen-bond donors (Lipinski definition) is 4. The van der Waals surface area contributed by atoms with E-state index in [2.05, 4.69) is 11.9 Å². The molecule has 0 bridgehead atoms. The standard InChI is InChI=1S/C24H23NO12S3/c1-13(2)24(26)37-12-36-9-3-8-25-18-10-19(38(27,28)29)15-6-7-17-21(40(33,34)35)11-20(39(30,31)32)16-5-4-14(18)22(15)23(16)17/h4-7,10-11,25H,1,3,8-9,12H2,2H3,(H,27,28,29)(H,30,31,32)(H,33,34,35). The lowest BCUT2D eigenvalue weighted by atomic mass is 9.93. The predicted molar refractivity (Wildman–Crippen MR) is 144 cm³/mol. The van der Waals surface area contributed by atoms with Crippen LogP contribution in [0.4, 0.5) is 5.69 Å². The van der Waals surface area contributed by atoms with Gasteiger partial charge in [-0.2, -0.15) is 25.3 Å². The maximum atomic E-state index is 12.3. The third kappa shape index (κ3) is 5.73. The molecule has 4 N–H and O–H groups in total. The van der Waals surface area contributed by atoms with Crippen molar-refractivity contribution in [2.75, 3.05) is 25.3 Å². The second kappa shape index (κ2) is 10.5. The van der Waals surface area contributed by atoms with Crippen LogP contribution < -0.4 is 5.32 Å². The molecule has 0 unspecified atom stereocenters. The summed E-state index contributed by atoms with van der Waals surface area (Å²) >= 11 is 0. The quantitative estimate of drug-likeness (QED) is 0.0478. The number of hydrogen-bond acceptors (Lipinski definition) is 10. The summed E-state index contributed by atoms with van der Waals surface area (Å²) in [5, 5.41) is 2.98. The van der Waals surface area contributed by atoms with E-state index < -0.39 is 51.0 Å². The van der Waals surface area contributed by atoms with E-state index in [0.29, 0.717) is 17.9 Å². The molecule has 4 aromatic rings. The van der Waals surface area contributed by atoms with Crippen molar-refractivity contribution in [2.45, 2.75) is 28.0 Å². The van der Waals surface area contributed by atoms with Crippen LogP contribution in [0.2, 0.25) is 0 Å². The number of anilines is 1. The van der Waals surface area contributed by atoms with Crippen molar-refractivity contribution in [3.8, 4) is 0 Å². The Balaban J connectivity index is 1.85. The minimum absolute atomic E-state index is 0.0578. The second-order valence-electron chi connectivity index (χ2n) is 8.81. The highest BCUT2D eigenvalue weighted by molar-refractivity contribution is 7.87. The fourth-order valence-electron chi connectivity index (χ4n) is 4.36. The van der Waals surface area contributed by atoms with Crippen molar-refractivity contribution < 1.29 is 53.2 Å². The van der Waals surface area contributed by atoms with Gasteiger partial charge in [0, 0.05) is 50.1 Å². The van der Waals surface area contributed by atoms with Gasteiger partial charge in [0.1, 0.15) is 14.7 Å². The normalized spacial score (nSPS) is 12.8. The van der Waals surface area contributed by atoms with Crippen LogP contribution in [0, 0.1) is 0 Å². The zero-order valence-corrected chi connectivity index (χ0v) is 23.2. The lowest BCUT2D eigenvalue weighted by Crippen LogP contribution is -2.12. The first-order valence-corrected chi connectivity index (χ1v) is 15.7. The largest absolute Gasteiger partial charge is 0.435 e. The zero-order chi connectivity index (χ0) is 29.6. The predicted octanol–water partition coefficient (Wildman–Crippen LogP) is 3.22. The van der Waals surface area contributed by atoms with Crippen LogP contribution in [0.1, 0.15) is 13.3 Å². The number of ether oxygens (including phenoxy) is 2. The molecule has 214 valence electrons. The summed E-state index contributed by atoms with van der Waals surface area (Å²) in [4.78, 5) is 9.18. The number of nitrogens with one attached hydrogen (secondary N) is 1. The first-order chi connectivity index (χ1) is 18.5. The minimum atomic E-state index is -5.00. The van der Waals surface area contributed by atoms with E-state index in [1.165, 1.54) is 37.3 Å². The number of benzene rings is 4. The van der Waals surface area contributed by atoms with Gasteiger partial charge in [-0.15, -0.1) is 0 Å². The summed E-state index contributed by atoms with van der Waals surface area (Å²) < 4.78 is 113. The Morgan fingerprint density at radius 2 is 1.25 bits per heavy atom. The zero-order valence-electron chi connectivity index (χ0n) is 20.7. The van der Waals surface area contributed by atoms with Gasteiger partial charge in [0.05, 0.1) is 6.61 Å². The van der Waals surface area contributed by atoms with Crippen LogP contribution in [0.5, 0.6) is 0 Å². The summed E-state index contributed by atoms with van der Waals surface area (Å²) in [5.74, 6) is -0.612. The van der Waals surface area contributed by atoms with E-state index in [4.69, 9.17) is 9.47 Å². The smallest absolute Gasteiger partial charge is 0.335 e. The van der Waals surface area contributed by atoms with Gasteiger partial charge in [0.2, 0.25) is 0 Å². The molecule has 0 spiro atoms. The topological polar surface area (TPSA) is 211 Å². The van der Waals surface area contributed by atoms with Crippen molar-refractivity contribution in [3.63, 3.8) is 0 Å². The molecular weight excluding hydrogens is 590 g/mol. The summed E-state index contributed by atoms with van der Waals surface area (Å²) in [6.07, 6.45) is 0.355. The maximum absolute atomic E-state index is 12.3. The first-order valence-electron chi connectivity index (χ1n) is 11.4. The Labute approximate surface area is 229 Å². The molecule has 0 aromatic heterocycles. The molecule has 0 aliphatic rings. The van der Waals surface area contributed by atoms with Crippen LogP contribution in [-0.2, 0) is 44.6 Å². The molecule has 0 saturated heterocycles. The first kappa shape index (κ1) is 29.6. The summed E-state index contributed by atoms with van der Waals surface area (Å²) in [6, 6.07) is 6.91. The molecule has 0 aliphatic heterocycles. The van der Waals surface area contributed by atoms with Crippen LogP contribution in [0.3, 0.4) is 0 Å². The second-order valence-corrected chi connectivity index (χ2v) is 13.0. The molecule has 0 atom stereocenters. The van der Waals surface area contributed by atoms with Crippen molar-refractivity contribution >= 4 is 74.3 Å². The van der Waals surface area contributed by atoms with Crippen molar-refractivity contribution in [1.29, 1.82) is 0 Å². The molecule has 0 amide bonds. The van der Waals surface area contributed by atoms with Crippen molar-refractivity contribution in [1.82, 2.24) is 0 Å². The van der Waals surface area contributed by atoms with Gasteiger partial charge in [0.25, 0.3) is 30.4 Å². The van der Waals surface area contributed by atoms with Crippen LogP contribution >= 0.6 is 0 Å².